The molecule has 1 rings (SSSR count). The van der Waals surface area contributed by atoms with Crippen molar-refractivity contribution in [1.29, 1.82) is 0 Å². The standard InChI is InChI=1S/C12H19NO/c1-9(2)11-7-10(8-13(3)4)5-6-12(11)14/h5-6,8-9,14H,7H2,1-4H3. The molecular weight excluding hydrogens is 174 g/mol. The van der Waals surface area contributed by atoms with E-state index in [1.54, 1.807) is 6.08 Å². The first-order valence-electron chi connectivity index (χ1n) is 4.98. The second kappa shape index (κ2) is 4.36. The van der Waals surface area contributed by atoms with Gasteiger partial charge >= 0.3 is 0 Å². The van der Waals surface area contributed by atoms with E-state index in [9.17, 15) is 5.11 Å². The van der Waals surface area contributed by atoms with Gasteiger partial charge in [0.15, 0.2) is 0 Å². The van der Waals surface area contributed by atoms with Crippen LogP contribution in [0.2, 0.25) is 0 Å². The number of allylic oxidation sites excluding steroid dienone is 4. The lowest BCUT2D eigenvalue weighted by atomic mass is 9.91. The lowest BCUT2D eigenvalue weighted by Crippen LogP contribution is -2.07. The third-order valence-electron chi connectivity index (χ3n) is 2.30. The highest BCUT2D eigenvalue weighted by Crippen LogP contribution is 2.27. The third-order valence-corrected chi connectivity index (χ3v) is 2.30. The third kappa shape index (κ3) is 2.66. The van der Waals surface area contributed by atoms with Crippen LogP contribution in [0.4, 0.5) is 0 Å². The first-order chi connectivity index (χ1) is 6.50. The van der Waals surface area contributed by atoms with Crippen LogP contribution in [0.1, 0.15) is 20.3 Å². The number of hydrogen-bond acceptors (Lipinski definition) is 2. The molecule has 0 saturated heterocycles. The van der Waals surface area contributed by atoms with Crippen molar-refractivity contribution in [3.05, 3.63) is 35.3 Å². The summed E-state index contributed by atoms with van der Waals surface area (Å²) in [6.07, 6.45) is 6.71. The maximum absolute atomic E-state index is 9.64. The maximum atomic E-state index is 9.64. The fraction of sp³-hybridized carbons (Fsp3) is 0.500. The van der Waals surface area contributed by atoms with E-state index in [0.717, 1.165) is 12.0 Å². The zero-order valence-corrected chi connectivity index (χ0v) is 9.41. The number of aliphatic hydroxyl groups excluding tert-OH is 1. The predicted octanol–water partition coefficient (Wildman–Crippen LogP) is 2.86. The largest absolute Gasteiger partial charge is 0.508 e. The van der Waals surface area contributed by atoms with Gasteiger partial charge in [0.25, 0.3) is 0 Å². The van der Waals surface area contributed by atoms with Gasteiger partial charge < -0.3 is 10.0 Å². The van der Waals surface area contributed by atoms with Crippen LogP contribution in [0.3, 0.4) is 0 Å². The van der Waals surface area contributed by atoms with Crippen molar-refractivity contribution in [2.24, 2.45) is 5.92 Å². The summed E-state index contributed by atoms with van der Waals surface area (Å²) in [4.78, 5) is 2.03. The number of hydrogen-bond donors (Lipinski definition) is 1. The average molecular weight is 193 g/mol. The molecule has 1 aliphatic carbocycles. The monoisotopic (exact) mass is 193 g/mol. The van der Waals surface area contributed by atoms with Crippen LogP contribution in [0, 0.1) is 5.92 Å². The number of rotatable bonds is 2. The average Bonchev–Trinajstić information content (AvgIpc) is 2.07. The Morgan fingerprint density at radius 3 is 2.50 bits per heavy atom. The Kier molecular flexibility index (Phi) is 3.39. The van der Waals surface area contributed by atoms with Crippen molar-refractivity contribution < 1.29 is 5.11 Å². The Balaban J connectivity index is 2.85. The Morgan fingerprint density at radius 1 is 1.36 bits per heavy atom. The van der Waals surface area contributed by atoms with Crippen molar-refractivity contribution in [1.82, 2.24) is 4.90 Å². The van der Waals surface area contributed by atoms with Gasteiger partial charge in [-0.1, -0.05) is 19.9 Å². The van der Waals surface area contributed by atoms with Gasteiger partial charge in [-0.05, 0) is 29.6 Å². The molecule has 1 aliphatic rings. The Labute approximate surface area is 86.2 Å². The molecule has 0 radical (unpaired) electrons. The van der Waals surface area contributed by atoms with Crippen LogP contribution in [0.25, 0.3) is 0 Å². The quantitative estimate of drug-likeness (QED) is 0.729. The normalized spacial score (nSPS) is 19.6. The molecule has 2 heteroatoms. The highest BCUT2D eigenvalue weighted by atomic mass is 16.3. The molecule has 2 nitrogen and oxygen atoms in total. The predicted molar refractivity (Wildman–Crippen MR) is 60.0 cm³/mol. The molecule has 0 fully saturated rings. The minimum absolute atomic E-state index is 0.408. The van der Waals surface area contributed by atoms with Gasteiger partial charge in [0.1, 0.15) is 5.76 Å². The van der Waals surface area contributed by atoms with Crippen LogP contribution in [0.15, 0.2) is 35.3 Å². The van der Waals surface area contributed by atoms with E-state index in [1.807, 2.05) is 25.1 Å². The van der Waals surface area contributed by atoms with E-state index in [0.29, 0.717) is 11.7 Å². The topological polar surface area (TPSA) is 23.5 Å². The van der Waals surface area contributed by atoms with E-state index in [1.165, 1.54) is 5.57 Å². The lowest BCUT2D eigenvalue weighted by molar-refractivity contribution is 0.411. The van der Waals surface area contributed by atoms with E-state index in [4.69, 9.17) is 0 Å². The smallest absolute Gasteiger partial charge is 0.115 e. The van der Waals surface area contributed by atoms with Gasteiger partial charge in [-0.25, -0.2) is 0 Å². The van der Waals surface area contributed by atoms with Gasteiger partial charge in [0.2, 0.25) is 0 Å². The summed E-state index contributed by atoms with van der Waals surface area (Å²) in [5.74, 6) is 0.849. The zero-order chi connectivity index (χ0) is 10.7. The van der Waals surface area contributed by atoms with E-state index in [-0.39, 0.29) is 0 Å². The van der Waals surface area contributed by atoms with Crippen LogP contribution in [-0.4, -0.2) is 24.1 Å². The molecule has 0 aromatic rings. The fourth-order valence-electron chi connectivity index (χ4n) is 1.58. The van der Waals surface area contributed by atoms with E-state index in [2.05, 4.69) is 20.0 Å². The van der Waals surface area contributed by atoms with Crippen molar-refractivity contribution in [2.45, 2.75) is 20.3 Å². The molecule has 0 saturated carbocycles. The van der Waals surface area contributed by atoms with Crippen LogP contribution in [0.5, 0.6) is 0 Å². The Hall–Kier alpha value is -1.18. The summed E-state index contributed by atoms with van der Waals surface area (Å²) in [6.45, 7) is 4.22. The highest BCUT2D eigenvalue weighted by molar-refractivity contribution is 5.37. The molecule has 1 N–H and O–H groups in total. The summed E-state index contributed by atoms with van der Waals surface area (Å²) < 4.78 is 0. The molecule has 0 aromatic carbocycles. The molecule has 0 aromatic heterocycles. The maximum Gasteiger partial charge on any atom is 0.115 e. The van der Waals surface area contributed by atoms with Crippen LogP contribution in [-0.2, 0) is 0 Å². The second-order valence-corrected chi connectivity index (χ2v) is 4.24. The first kappa shape index (κ1) is 10.9. The van der Waals surface area contributed by atoms with Crippen LogP contribution >= 0.6 is 0 Å². The molecule has 0 amide bonds. The fourth-order valence-corrected chi connectivity index (χ4v) is 1.58. The van der Waals surface area contributed by atoms with E-state index < -0.39 is 0 Å². The molecule has 0 bridgehead atoms. The molecule has 0 atom stereocenters. The van der Waals surface area contributed by atoms with Gasteiger partial charge in [-0.15, -0.1) is 0 Å². The van der Waals surface area contributed by atoms with Crippen molar-refractivity contribution in [3.63, 3.8) is 0 Å². The highest BCUT2D eigenvalue weighted by Gasteiger charge is 2.13. The molecular formula is C12H19NO. The molecule has 0 aliphatic heterocycles. The Bertz CT molecular complexity index is 295. The SMILES string of the molecule is CC(C)C1=C(O)C=CC(=CN(C)C)C1. The molecule has 78 valence electrons. The van der Waals surface area contributed by atoms with Gasteiger partial charge in [-0.2, -0.15) is 0 Å². The number of nitrogens with zero attached hydrogens (tertiary/aromatic N) is 1. The van der Waals surface area contributed by atoms with Gasteiger partial charge in [0.05, 0.1) is 0 Å². The molecule has 0 unspecified atom stereocenters. The first-order valence-corrected chi connectivity index (χ1v) is 4.98. The minimum Gasteiger partial charge on any atom is -0.508 e. The second-order valence-electron chi connectivity index (χ2n) is 4.24. The summed E-state index contributed by atoms with van der Waals surface area (Å²) >= 11 is 0. The van der Waals surface area contributed by atoms with Gasteiger partial charge in [0, 0.05) is 20.3 Å². The van der Waals surface area contributed by atoms with Crippen LogP contribution < -0.4 is 0 Å². The summed E-state index contributed by atoms with van der Waals surface area (Å²) in [6, 6.07) is 0. The number of aliphatic hydroxyl groups is 1. The molecule has 0 heterocycles. The zero-order valence-electron chi connectivity index (χ0n) is 9.41. The van der Waals surface area contributed by atoms with Gasteiger partial charge in [-0.3, -0.25) is 0 Å². The van der Waals surface area contributed by atoms with Crippen molar-refractivity contribution in [2.75, 3.05) is 14.1 Å². The Morgan fingerprint density at radius 2 is 2.00 bits per heavy atom. The summed E-state index contributed by atoms with van der Waals surface area (Å²) in [5.41, 5.74) is 2.37. The lowest BCUT2D eigenvalue weighted by Gasteiger charge is -2.18. The molecule has 14 heavy (non-hydrogen) atoms. The molecule has 0 spiro atoms. The van der Waals surface area contributed by atoms with Crippen molar-refractivity contribution >= 4 is 0 Å². The minimum atomic E-state index is 0.408. The summed E-state index contributed by atoms with van der Waals surface area (Å²) in [5, 5.41) is 9.64. The van der Waals surface area contributed by atoms with Crippen molar-refractivity contribution in [3.8, 4) is 0 Å². The van der Waals surface area contributed by atoms with E-state index >= 15 is 0 Å². The summed E-state index contributed by atoms with van der Waals surface area (Å²) in [7, 11) is 4.02.